The Morgan fingerprint density at radius 2 is 1.84 bits per heavy atom. The van der Waals surface area contributed by atoms with Crippen molar-refractivity contribution in [3.8, 4) is 0 Å². The fraction of sp³-hybridized carbons (Fsp3) is 0.429. The molecule has 0 unspecified atom stereocenters. The van der Waals surface area contributed by atoms with Gasteiger partial charge in [0.1, 0.15) is 5.00 Å². The van der Waals surface area contributed by atoms with E-state index in [-0.39, 0.29) is 11.7 Å². The van der Waals surface area contributed by atoms with Gasteiger partial charge in [0.25, 0.3) is 5.69 Å². The van der Waals surface area contributed by atoms with Crippen molar-refractivity contribution in [1.82, 2.24) is 4.90 Å². The molecule has 1 aromatic carbocycles. The van der Waals surface area contributed by atoms with Gasteiger partial charge in [0.05, 0.1) is 17.6 Å². The van der Waals surface area contributed by atoms with Crippen LogP contribution in [-0.2, 0) is 17.6 Å². The van der Waals surface area contributed by atoms with Gasteiger partial charge in [0.2, 0.25) is 0 Å². The maximum atomic E-state index is 12.4. The number of carbonyl (C=O) groups excluding carboxylic acids is 1. The third-order valence-corrected chi connectivity index (χ3v) is 7.34. The highest BCUT2D eigenvalue weighted by Crippen LogP contribution is 2.38. The molecule has 1 aliphatic carbocycles. The van der Waals surface area contributed by atoms with Crippen molar-refractivity contribution < 1.29 is 14.5 Å². The summed E-state index contributed by atoms with van der Waals surface area (Å²) in [6.45, 7) is 2.96. The van der Waals surface area contributed by atoms with Crippen LogP contribution in [0.3, 0.4) is 0 Å². The SMILES string of the molecule is COC(=O)c1c(NC(=S)N2CCN(c3ccc([N+](=O)[O-])cc3)CC2)sc2c1CCCC2. The number of nitro benzene ring substituents is 1. The standard InChI is InChI=1S/C21H24N4O4S2/c1-29-20(26)18-16-4-2-3-5-17(16)31-19(18)22-21(30)24-12-10-23(11-13-24)14-6-8-15(9-7-14)25(27)28/h6-9H,2-5,10-13H2,1H3,(H,22,30). The first-order valence-electron chi connectivity index (χ1n) is 10.3. The molecule has 2 aromatic rings. The Morgan fingerprint density at radius 1 is 1.16 bits per heavy atom. The minimum atomic E-state index is -0.392. The van der Waals surface area contributed by atoms with Gasteiger partial charge in [0.15, 0.2) is 5.11 Å². The van der Waals surface area contributed by atoms with E-state index in [9.17, 15) is 14.9 Å². The maximum absolute atomic E-state index is 12.4. The normalized spacial score (nSPS) is 15.9. The molecule has 0 spiro atoms. The number of carbonyl (C=O) groups is 1. The molecular weight excluding hydrogens is 436 g/mol. The van der Waals surface area contributed by atoms with Crippen molar-refractivity contribution in [2.24, 2.45) is 0 Å². The smallest absolute Gasteiger partial charge is 0.341 e. The Labute approximate surface area is 189 Å². The number of nitrogens with one attached hydrogen (secondary N) is 1. The molecule has 2 aliphatic rings. The van der Waals surface area contributed by atoms with Crippen molar-refractivity contribution in [2.45, 2.75) is 25.7 Å². The number of piperazine rings is 1. The highest BCUT2D eigenvalue weighted by molar-refractivity contribution is 7.80. The van der Waals surface area contributed by atoms with E-state index >= 15 is 0 Å². The average molecular weight is 461 g/mol. The van der Waals surface area contributed by atoms with Crippen LogP contribution in [0.5, 0.6) is 0 Å². The van der Waals surface area contributed by atoms with E-state index in [1.807, 2.05) is 0 Å². The molecular formula is C21H24N4O4S2. The second-order valence-electron chi connectivity index (χ2n) is 7.58. The molecule has 0 radical (unpaired) electrons. The third kappa shape index (κ3) is 4.49. The van der Waals surface area contributed by atoms with Crippen molar-refractivity contribution >= 4 is 51.0 Å². The van der Waals surface area contributed by atoms with E-state index < -0.39 is 4.92 Å². The van der Waals surface area contributed by atoms with Crippen LogP contribution in [0.15, 0.2) is 24.3 Å². The predicted octanol–water partition coefficient (Wildman–Crippen LogP) is 3.84. The van der Waals surface area contributed by atoms with E-state index in [1.54, 1.807) is 23.5 Å². The number of hydrogen-bond acceptors (Lipinski definition) is 7. The summed E-state index contributed by atoms with van der Waals surface area (Å²) in [5.41, 5.74) is 2.79. The number of esters is 1. The summed E-state index contributed by atoms with van der Waals surface area (Å²) in [5, 5.41) is 15.5. The average Bonchev–Trinajstić information content (AvgIpc) is 3.16. The van der Waals surface area contributed by atoms with Gasteiger partial charge in [-0.25, -0.2) is 4.79 Å². The lowest BCUT2D eigenvalue weighted by atomic mass is 9.95. The van der Waals surface area contributed by atoms with Gasteiger partial charge in [0, 0.05) is 48.9 Å². The quantitative estimate of drug-likeness (QED) is 0.319. The third-order valence-electron chi connectivity index (χ3n) is 5.77. The second-order valence-corrected chi connectivity index (χ2v) is 9.08. The molecule has 1 aromatic heterocycles. The summed E-state index contributed by atoms with van der Waals surface area (Å²) < 4.78 is 5.04. The molecule has 8 nitrogen and oxygen atoms in total. The van der Waals surface area contributed by atoms with Crippen LogP contribution in [0.1, 0.15) is 33.6 Å². The Kier molecular flexibility index (Phi) is 6.38. The Morgan fingerprint density at radius 3 is 2.48 bits per heavy atom. The fourth-order valence-corrected chi connectivity index (χ4v) is 5.73. The van der Waals surface area contributed by atoms with Gasteiger partial charge >= 0.3 is 5.97 Å². The van der Waals surface area contributed by atoms with Crippen LogP contribution in [0.2, 0.25) is 0 Å². The number of aryl methyl sites for hydroxylation is 1. The fourth-order valence-electron chi connectivity index (χ4n) is 4.10. The van der Waals surface area contributed by atoms with Crippen molar-refractivity contribution in [3.63, 3.8) is 0 Å². The number of non-ortho nitro benzene ring substituents is 1. The minimum Gasteiger partial charge on any atom is -0.465 e. The van der Waals surface area contributed by atoms with Crippen molar-refractivity contribution in [3.05, 3.63) is 50.4 Å². The highest BCUT2D eigenvalue weighted by atomic mass is 32.1. The lowest BCUT2D eigenvalue weighted by Gasteiger charge is -2.37. The van der Waals surface area contributed by atoms with Crippen LogP contribution >= 0.6 is 23.6 Å². The Balaban J connectivity index is 1.41. The van der Waals surface area contributed by atoms with Crippen molar-refractivity contribution in [1.29, 1.82) is 0 Å². The molecule has 0 saturated carbocycles. The molecule has 1 saturated heterocycles. The monoisotopic (exact) mass is 460 g/mol. The zero-order chi connectivity index (χ0) is 22.0. The maximum Gasteiger partial charge on any atom is 0.341 e. The van der Waals surface area contributed by atoms with Crippen LogP contribution in [0.4, 0.5) is 16.4 Å². The summed E-state index contributed by atoms with van der Waals surface area (Å²) in [7, 11) is 1.41. The summed E-state index contributed by atoms with van der Waals surface area (Å²) in [6.07, 6.45) is 4.12. The van der Waals surface area contributed by atoms with Gasteiger partial charge in [-0.2, -0.15) is 0 Å². The van der Waals surface area contributed by atoms with Crippen LogP contribution in [0.25, 0.3) is 0 Å². The van der Waals surface area contributed by atoms with E-state index in [2.05, 4.69) is 15.1 Å². The lowest BCUT2D eigenvalue weighted by Crippen LogP contribution is -2.50. The van der Waals surface area contributed by atoms with Gasteiger partial charge in [-0.1, -0.05) is 0 Å². The van der Waals surface area contributed by atoms with Crippen LogP contribution < -0.4 is 10.2 Å². The number of nitro groups is 1. The number of thiocarbonyl (C=S) groups is 1. The number of anilines is 2. The van der Waals surface area contributed by atoms with E-state index in [1.165, 1.54) is 24.1 Å². The number of methoxy groups -OCH3 is 1. The molecule has 0 amide bonds. The predicted molar refractivity (Wildman–Crippen MR) is 125 cm³/mol. The van der Waals surface area contributed by atoms with Crippen LogP contribution in [0, 0.1) is 10.1 Å². The number of benzene rings is 1. The summed E-state index contributed by atoms with van der Waals surface area (Å²) in [6, 6.07) is 6.62. The molecule has 1 N–H and O–H groups in total. The first kappa shape index (κ1) is 21.5. The molecule has 2 heterocycles. The largest absolute Gasteiger partial charge is 0.465 e. The molecule has 31 heavy (non-hydrogen) atoms. The van der Waals surface area contributed by atoms with E-state index in [0.29, 0.717) is 10.7 Å². The summed E-state index contributed by atoms with van der Waals surface area (Å²) in [5.74, 6) is -0.312. The zero-order valence-electron chi connectivity index (χ0n) is 17.3. The zero-order valence-corrected chi connectivity index (χ0v) is 18.9. The second kappa shape index (κ2) is 9.19. The summed E-state index contributed by atoms with van der Waals surface area (Å²) >= 11 is 7.26. The molecule has 4 rings (SSSR count). The molecule has 0 bridgehead atoms. The number of fused-ring (bicyclic) bond motifs is 1. The number of thiophene rings is 1. The lowest BCUT2D eigenvalue weighted by molar-refractivity contribution is -0.384. The Hall–Kier alpha value is -2.72. The molecule has 0 atom stereocenters. The molecule has 10 heteroatoms. The molecule has 1 fully saturated rings. The van der Waals surface area contributed by atoms with Crippen molar-refractivity contribution in [2.75, 3.05) is 43.5 Å². The minimum absolute atomic E-state index is 0.0906. The summed E-state index contributed by atoms with van der Waals surface area (Å²) in [4.78, 5) is 28.4. The molecule has 164 valence electrons. The van der Waals surface area contributed by atoms with Gasteiger partial charge in [-0.05, 0) is 55.6 Å². The molecule has 1 aliphatic heterocycles. The van der Waals surface area contributed by atoms with Gasteiger partial charge in [-0.15, -0.1) is 11.3 Å². The topological polar surface area (TPSA) is 88.0 Å². The van der Waals surface area contributed by atoms with Gasteiger partial charge < -0.3 is 19.9 Å². The number of ether oxygens (including phenoxy) is 1. The first-order chi connectivity index (χ1) is 15.0. The highest BCUT2D eigenvalue weighted by Gasteiger charge is 2.28. The van der Waals surface area contributed by atoms with Gasteiger partial charge in [-0.3, -0.25) is 10.1 Å². The number of nitrogens with zero attached hydrogens (tertiary/aromatic N) is 3. The number of hydrogen-bond donors (Lipinski definition) is 1. The Bertz CT molecular complexity index is 998. The first-order valence-corrected chi connectivity index (χ1v) is 11.5. The van der Waals surface area contributed by atoms with Crippen LogP contribution in [-0.4, -0.2) is 54.2 Å². The number of rotatable bonds is 4. The van der Waals surface area contributed by atoms with E-state index in [0.717, 1.165) is 68.1 Å². The van der Waals surface area contributed by atoms with E-state index in [4.69, 9.17) is 17.0 Å².